The number of anilines is 1. The molecule has 0 N–H and O–H groups in total. The molecular weight excluding hydrogens is 336 g/mol. The Bertz CT molecular complexity index is 1010. The van der Waals surface area contributed by atoms with Crippen LogP contribution in [0.25, 0.3) is 17.2 Å². The topological polar surface area (TPSA) is 46.6 Å². The lowest BCUT2D eigenvalue weighted by Crippen LogP contribution is -2.34. The number of oxazole rings is 1. The normalized spacial score (nSPS) is 16.0. The van der Waals surface area contributed by atoms with E-state index >= 15 is 0 Å². The van der Waals surface area contributed by atoms with Crippen LogP contribution in [0.5, 0.6) is 0 Å². The maximum Gasteiger partial charge on any atom is 0.378 e. The molecule has 0 unspecified atom stereocenters. The molecule has 124 valence electrons. The number of benzene rings is 2. The van der Waals surface area contributed by atoms with Crippen molar-refractivity contribution in [3.05, 3.63) is 66.2 Å². The van der Waals surface area contributed by atoms with E-state index in [1.165, 1.54) is 4.90 Å². The average Bonchev–Trinajstić information content (AvgIpc) is 3.12. The van der Waals surface area contributed by atoms with Gasteiger partial charge in [-0.05, 0) is 37.3 Å². The molecule has 5 nitrogen and oxygen atoms in total. The summed E-state index contributed by atoms with van der Waals surface area (Å²) in [5.41, 5.74) is 2.39. The van der Waals surface area contributed by atoms with E-state index in [2.05, 4.69) is 0 Å². The molecule has 1 fully saturated rings. The van der Waals surface area contributed by atoms with E-state index in [1.54, 1.807) is 6.08 Å². The van der Waals surface area contributed by atoms with Crippen LogP contribution in [0, 0.1) is 0 Å². The van der Waals surface area contributed by atoms with E-state index < -0.39 is 0 Å². The number of nitrogens with zero attached hydrogens (tertiary/aromatic N) is 2. The predicted molar refractivity (Wildman–Crippen MR) is 97.7 cm³/mol. The zero-order valence-corrected chi connectivity index (χ0v) is 14.3. The third-order valence-corrected chi connectivity index (χ3v) is 4.28. The fourth-order valence-electron chi connectivity index (χ4n) is 2.87. The average molecular weight is 351 g/mol. The Labute approximate surface area is 149 Å². The molecule has 1 amide bonds. The summed E-state index contributed by atoms with van der Waals surface area (Å²) in [5.74, 6) is 0.388. The molecule has 6 heteroatoms. The van der Waals surface area contributed by atoms with Gasteiger partial charge in [0, 0.05) is 6.07 Å². The van der Waals surface area contributed by atoms with E-state index in [0.717, 1.165) is 11.1 Å². The molecule has 25 heavy (non-hydrogen) atoms. The first-order valence-corrected chi connectivity index (χ1v) is 8.34. The highest BCUT2D eigenvalue weighted by atomic mass is 32.1. The van der Waals surface area contributed by atoms with Crippen LogP contribution in [0.1, 0.15) is 12.8 Å². The molecule has 0 atom stereocenters. The quantitative estimate of drug-likeness (QED) is 0.412. The number of hydrogen-bond donors (Lipinski definition) is 0. The Balaban J connectivity index is 1.76. The first-order valence-electron chi connectivity index (χ1n) is 7.93. The molecule has 0 spiro atoms. The third-order valence-electron chi connectivity index (χ3n) is 4.02. The summed E-state index contributed by atoms with van der Waals surface area (Å²) in [5, 5.41) is 0.113. The highest BCUT2D eigenvalue weighted by Crippen LogP contribution is 2.26. The smallest absolute Gasteiger partial charge is 0.378 e. The molecule has 0 radical (unpaired) electrons. The number of rotatable bonds is 3. The van der Waals surface area contributed by atoms with Crippen LogP contribution >= 0.6 is 12.2 Å². The standard InChI is InChI=1S/C19H15N2O3S/c1-2-20-14-10-6-7-11-15(14)23-17(20)12-16-18(22)21(19(25)24-16)13-8-4-3-5-9-13/h3-12H,2H2,1H3/q+1. The van der Waals surface area contributed by atoms with Gasteiger partial charge in [-0.1, -0.05) is 30.3 Å². The molecule has 2 aromatic carbocycles. The minimum Gasteiger partial charge on any atom is -0.425 e. The highest BCUT2D eigenvalue weighted by Gasteiger charge is 2.36. The number of aryl methyl sites for hydroxylation is 1. The predicted octanol–water partition coefficient (Wildman–Crippen LogP) is 3.43. The van der Waals surface area contributed by atoms with Gasteiger partial charge in [-0.3, -0.25) is 4.79 Å². The second-order valence-corrected chi connectivity index (χ2v) is 5.85. The SMILES string of the molecule is CC[n+]1c(C=C2OC(=S)N(c3ccccc3)C2=O)oc2ccccc21. The molecule has 0 bridgehead atoms. The van der Waals surface area contributed by atoms with Gasteiger partial charge in [0.1, 0.15) is 6.54 Å². The van der Waals surface area contributed by atoms with Gasteiger partial charge in [0.05, 0.1) is 11.8 Å². The Morgan fingerprint density at radius 2 is 1.84 bits per heavy atom. The van der Waals surface area contributed by atoms with Crippen molar-refractivity contribution in [2.24, 2.45) is 0 Å². The molecule has 1 saturated heterocycles. The lowest BCUT2D eigenvalue weighted by molar-refractivity contribution is -0.674. The van der Waals surface area contributed by atoms with Gasteiger partial charge in [-0.2, -0.15) is 4.57 Å². The van der Waals surface area contributed by atoms with Gasteiger partial charge < -0.3 is 9.15 Å². The van der Waals surface area contributed by atoms with Crippen LogP contribution < -0.4 is 9.47 Å². The lowest BCUT2D eigenvalue weighted by atomic mass is 10.3. The number of carbonyl (C=O) groups is 1. The number of ether oxygens (including phenoxy) is 1. The second kappa shape index (κ2) is 6.14. The van der Waals surface area contributed by atoms with Gasteiger partial charge in [0.25, 0.3) is 10.7 Å². The van der Waals surface area contributed by atoms with E-state index in [1.807, 2.05) is 66.1 Å². The fraction of sp³-hybridized carbons (Fsp3) is 0.105. The molecule has 1 aliphatic rings. The van der Waals surface area contributed by atoms with Crippen molar-refractivity contribution in [2.75, 3.05) is 4.90 Å². The molecule has 1 aliphatic heterocycles. The number of amides is 1. The summed E-state index contributed by atoms with van der Waals surface area (Å²) in [6, 6.07) is 16.9. The van der Waals surface area contributed by atoms with Gasteiger partial charge >= 0.3 is 11.8 Å². The monoisotopic (exact) mass is 351 g/mol. The van der Waals surface area contributed by atoms with Crippen molar-refractivity contribution in [1.82, 2.24) is 0 Å². The zero-order chi connectivity index (χ0) is 17.4. The highest BCUT2D eigenvalue weighted by molar-refractivity contribution is 7.80. The largest absolute Gasteiger partial charge is 0.425 e. The zero-order valence-electron chi connectivity index (χ0n) is 13.5. The van der Waals surface area contributed by atoms with Crippen molar-refractivity contribution in [3.8, 4) is 0 Å². The van der Waals surface area contributed by atoms with Gasteiger partial charge in [-0.15, -0.1) is 0 Å². The van der Waals surface area contributed by atoms with Crippen LogP contribution in [-0.2, 0) is 16.1 Å². The third kappa shape index (κ3) is 2.60. The van der Waals surface area contributed by atoms with Crippen LogP contribution in [-0.4, -0.2) is 11.1 Å². The number of para-hydroxylation sites is 3. The summed E-state index contributed by atoms with van der Waals surface area (Å²) < 4.78 is 13.4. The first-order chi connectivity index (χ1) is 12.2. The first kappa shape index (κ1) is 15.5. The summed E-state index contributed by atoms with van der Waals surface area (Å²) in [7, 11) is 0. The maximum atomic E-state index is 12.7. The summed E-state index contributed by atoms with van der Waals surface area (Å²) in [4.78, 5) is 14.1. The van der Waals surface area contributed by atoms with Gasteiger partial charge in [0.15, 0.2) is 0 Å². The molecule has 3 aromatic rings. The molecule has 4 rings (SSSR count). The lowest BCUT2D eigenvalue weighted by Gasteiger charge is -2.11. The van der Waals surface area contributed by atoms with Crippen molar-refractivity contribution >= 4 is 46.2 Å². The van der Waals surface area contributed by atoms with Crippen molar-refractivity contribution < 1.29 is 18.5 Å². The Morgan fingerprint density at radius 1 is 1.12 bits per heavy atom. The number of thiocarbonyl (C=S) groups is 1. The second-order valence-electron chi connectivity index (χ2n) is 5.50. The molecular formula is C19H15N2O3S+. The minimum absolute atomic E-state index is 0.113. The maximum absolute atomic E-state index is 12.7. The molecule has 2 heterocycles. The van der Waals surface area contributed by atoms with Crippen LogP contribution in [0.4, 0.5) is 5.69 Å². The number of carbonyl (C=O) groups excluding carboxylic acids is 1. The van der Waals surface area contributed by atoms with Gasteiger partial charge in [0.2, 0.25) is 11.3 Å². The van der Waals surface area contributed by atoms with E-state index in [0.29, 0.717) is 18.1 Å². The summed E-state index contributed by atoms with van der Waals surface area (Å²) in [6.07, 6.45) is 1.60. The molecule has 1 aromatic heterocycles. The number of aromatic nitrogens is 1. The molecule has 0 saturated carbocycles. The van der Waals surface area contributed by atoms with Crippen molar-refractivity contribution in [3.63, 3.8) is 0 Å². The van der Waals surface area contributed by atoms with Crippen LogP contribution in [0.15, 0.2) is 64.8 Å². The number of fused-ring (bicyclic) bond motifs is 1. The van der Waals surface area contributed by atoms with Crippen molar-refractivity contribution in [1.29, 1.82) is 0 Å². The molecule has 0 aliphatic carbocycles. The van der Waals surface area contributed by atoms with E-state index in [-0.39, 0.29) is 16.8 Å². The van der Waals surface area contributed by atoms with Crippen LogP contribution in [0.3, 0.4) is 0 Å². The van der Waals surface area contributed by atoms with Crippen LogP contribution in [0.2, 0.25) is 0 Å². The van der Waals surface area contributed by atoms with Crippen molar-refractivity contribution in [2.45, 2.75) is 13.5 Å². The Hall–Kier alpha value is -2.99. The Kier molecular flexibility index (Phi) is 3.82. The Morgan fingerprint density at radius 3 is 2.60 bits per heavy atom. The summed E-state index contributed by atoms with van der Waals surface area (Å²) >= 11 is 5.22. The minimum atomic E-state index is -0.306. The fourth-order valence-corrected chi connectivity index (χ4v) is 3.14. The number of hydrogen-bond acceptors (Lipinski definition) is 4. The van der Waals surface area contributed by atoms with E-state index in [9.17, 15) is 4.79 Å². The van der Waals surface area contributed by atoms with E-state index in [4.69, 9.17) is 21.4 Å². The van der Waals surface area contributed by atoms with Gasteiger partial charge in [-0.25, -0.2) is 4.90 Å². The summed E-state index contributed by atoms with van der Waals surface area (Å²) in [6.45, 7) is 2.72.